The molecular formula is C15H18N4O. The van der Waals surface area contributed by atoms with E-state index in [2.05, 4.69) is 4.98 Å². The molecule has 2 rings (SSSR count). The predicted molar refractivity (Wildman–Crippen MR) is 80.4 cm³/mol. The second-order valence-electron chi connectivity index (χ2n) is 4.45. The van der Waals surface area contributed by atoms with Gasteiger partial charge in [0.25, 0.3) is 0 Å². The number of pyridine rings is 1. The summed E-state index contributed by atoms with van der Waals surface area (Å²) in [6, 6.07) is 11.6. The summed E-state index contributed by atoms with van der Waals surface area (Å²) >= 11 is 0. The van der Waals surface area contributed by atoms with Crippen LogP contribution in [0.5, 0.6) is 5.75 Å². The normalized spacial score (nSPS) is 10.1. The van der Waals surface area contributed by atoms with Gasteiger partial charge >= 0.3 is 0 Å². The number of ether oxygens (including phenoxy) is 1. The highest BCUT2D eigenvalue weighted by Gasteiger charge is 2.12. The molecule has 0 saturated heterocycles. The molecule has 104 valence electrons. The molecule has 0 unspecified atom stereocenters. The minimum Gasteiger partial charge on any atom is -0.496 e. The Morgan fingerprint density at radius 1 is 1.30 bits per heavy atom. The minimum atomic E-state index is -0.0347. The fraction of sp³-hybridized carbons (Fsp3) is 0.200. The molecule has 0 aliphatic rings. The lowest BCUT2D eigenvalue weighted by Gasteiger charge is -2.22. The number of hydrogen-bond acceptors (Lipinski definition) is 4. The van der Waals surface area contributed by atoms with Gasteiger partial charge < -0.3 is 15.4 Å². The second-order valence-corrected chi connectivity index (χ2v) is 4.45. The number of rotatable bonds is 5. The Morgan fingerprint density at radius 3 is 2.75 bits per heavy atom. The van der Waals surface area contributed by atoms with E-state index >= 15 is 0 Å². The molecule has 0 bridgehead atoms. The Balaban J connectivity index is 2.29. The highest BCUT2D eigenvalue weighted by atomic mass is 16.5. The molecule has 2 aromatic rings. The van der Waals surface area contributed by atoms with Crippen molar-refractivity contribution >= 4 is 11.5 Å². The third-order valence-corrected chi connectivity index (χ3v) is 3.05. The topological polar surface area (TPSA) is 75.2 Å². The number of hydrogen-bond donors (Lipinski definition) is 2. The molecule has 1 aromatic carbocycles. The number of aromatic nitrogens is 1. The van der Waals surface area contributed by atoms with Crippen molar-refractivity contribution in [2.24, 2.45) is 5.73 Å². The summed E-state index contributed by atoms with van der Waals surface area (Å²) in [5.74, 6) is 0.806. The molecule has 20 heavy (non-hydrogen) atoms. The van der Waals surface area contributed by atoms with Crippen LogP contribution in [-0.4, -0.2) is 25.0 Å². The van der Waals surface area contributed by atoms with Crippen LogP contribution in [-0.2, 0) is 6.54 Å². The number of nitrogens with zero attached hydrogens (tertiary/aromatic N) is 2. The van der Waals surface area contributed by atoms with E-state index in [1.807, 2.05) is 48.3 Å². The number of nitrogens with two attached hydrogens (primary N) is 1. The summed E-state index contributed by atoms with van der Waals surface area (Å²) in [5.41, 5.74) is 7.95. The van der Waals surface area contributed by atoms with Crippen molar-refractivity contribution in [2.75, 3.05) is 19.1 Å². The third kappa shape index (κ3) is 2.88. The van der Waals surface area contributed by atoms with Gasteiger partial charge in [0.15, 0.2) is 0 Å². The Bertz CT molecular complexity index is 612. The highest BCUT2D eigenvalue weighted by Crippen LogP contribution is 2.23. The molecule has 0 aliphatic heterocycles. The first-order valence-electron chi connectivity index (χ1n) is 6.26. The van der Waals surface area contributed by atoms with Gasteiger partial charge in [-0.2, -0.15) is 0 Å². The summed E-state index contributed by atoms with van der Waals surface area (Å²) in [4.78, 5) is 6.16. The molecule has 0 saturated carbocycles. The monoisotopic (exact) mass is 270 g/mol. The Labute approximate surface area is 118 Å². The average molecular weight is 270 g/mol. The van der Waals surface area contributed by atoms with Crippen molar-refractivity contribution in [3.63, 3.8) is 0 Å². The van der Waals surface area contributed by atoms with Crippen LogP contribution >= 0.6 is 0 Å². The maximum Gasteiger partial charge on any atom is 0.143 e. The van der Waals surface area contributed by atoms with Gasteiger partial charge in [0, 0.05) is 25.4 Å². The molecule has 0 spiro atoms. The second kappa shape index (κ2) is 6.06. The SMILES string of the molecule is COc1ccccc1CN(C)c1cccnc1C(=N)N. The molecule has 1 heterocycles. The van der Waals surface area contributed by atoms with Crippen molar-refractivity contribution in [1.29, 1.82) is 5.41 Å². The van der Waals surface area contributed by atoms with E-state index in [4.69, 9.17) is 15.9 Å². The van der Waals surface area contributed by atoms with Gasteiger partial charge in [-0.25, -0.2) is 0 Å². The van der Waals surface area contributed by atoms with Crippen LogP contribution in [0.2, 0.25) is 0 Å². The average Bonchev–Trinajstić information content (AvgIpc) is 2.47. The van der Waals surface area contributed by atoms with Crippen LogP contribution in [0.3, 0.4) is 0 Å². The summed E-state index contributed by atoms with van der Waals surface area (Å²) in [7, 11) is 3.60. The summed E-state index contributed by atoms with van der Waals surface area (Å²) < 4.78 is 5.35. The minimum absolute atomic E-state index is 0.0347. The fourth-order valence-electron chi connectivity index (χ4n) is 2.09. The van der Waals surface area contributed by atoms with Crippen molar-refractivity contribution in [1.82, 2.24) is 4.98 Å². The van der Waals surface area contributed by atoms with E-state index in [1.54, 1.807) is 13.3 Å². The molecule has 0 atom stereocenters. The molecule has 5 heteroatoms. The van der Waals surface area contributed by atoms with E-state index < -0.39 is 0 Å². The van der Waals surface area contributed by atoms with E-state index in [0.717, 1.165) is 17.0 Å². The molecule has 3 N–H and O–H groups in total. The fourth-order valence-corrected chi connectivity index (χ4v) is 2.09. The van der Waals surface area contributed by atoms with Crippen LogP contribution in [0.4, 0.5) is 5.69 Å². The van der Waals surface area contributed by atoms with Gasteiger partial charge in [-0.3, -0.25) is 10.4 Å². The van der Waals surface area contributed by atoms with Gasteiger partial charge in [0.1, 0.15) is 17.3 Å². The maximum atomic E-state index is 7.59. The van der Waals surface area contributed by atoms with Crippen LogP contribution in [0.15, 0.2) is 42.6 Å². The van der Waals surface area contributed by atoms with Crippen molar-refractivity contribution in [3.8, 4) is 5.75 Å². The van der Waals surface area contributed by atoms with E-state index in [-0.39, 0.29) is 5.84 Å². The number of amidine groups is 1. The zero-order chi connectivity index (χ0) is 14.5. The first-order chi connectivity index (χ1) is 9.63. The highest BCUT2D eigenvalue weighted by molar-refractivity contribution is 5.98. The molecule has 0 fully saturated rings. The summed E-state index contributed by atoms with van der Waals surface area (Å²) in [6.45, 7) is 0.649. The van der Waals surface area contributed by atoms with Gasteiger partial charge in [-0.15, -0.1) is 0 Å². The smallest absolute Gasteiger partial charge is 0.143 e. The Kier molecular flexibility index (Phi) is 4.20. The number of para-hydroxylation sites is 1. The number of anilines is 1. The van der Waals surface area contributed by atoms with Crippen molar-refractivity contribution < 1.29 is 4.74 Å². The van der Waals surface area contributed by atoms with Crippen LogP contribution in [0.1, 0.15) is 11.3 Å². The lowest BCUT2D eigenvalue weighted by Crippen LogP contribution is -2.23. The number of benzene rings is 1. The first kappa shape index (κ1) is 13.9. The zero-order valence-corrected chi connectivity index (χ0v) is 11.6. The zero-order valence-electron chi connectivity index (χ0n) is 11.6. The molecule has 1 aromatic heterocycles. The quantitative estimate of drug-likeness (QED) is 0.643. The summed E-state index contributed by atoms with van der Waals surface area (Å²) in [6.07, 6.45) is 1.64. The van der Waals surface area contributed by atoms with Gasteiger partial charge in [-0.1, -0.05) is 18.2 Å². The Morgan fingerprint density at radius 2 is 2.05 bits per heavy atom. The first-order valence-corrected chi connectivity index (χ1v) is 6.26. The van der Waals surface area contributed by atoms with Crippen LogP contribution in [0.25, 0.3) is 0 Å². The van der Waals surface area contributed by atoms with E-state index in [0.29, 0.717) is 12.2 Å². The lowest BCUT2D eigenvalue weighted by molar-refractivity contribution is 0.409. The predicted octanol–water partition coefficient (Wildman–Crippen LogP) is 2.01. The molecular weight excluding hydrogens is 252 g/mol. The number of nitrogens with one attached hydrogen (secondary N) is 1. The van der Waals surface area contributed by atoms with Gasteiger partial charge in [-0.05, 0) is 18.2 Å². The molecule has 0 radical (unpaired) electrons. The van der Waals surface area contributed by atoms with Crippen LogP contribution in [0, 0.1) is 5.41 Å². The van der Waals surface area contributed by atoms with Crippen LogP contribution < -0.4 is 15.4 Å². The van der Waals surface area contributed by atoms with E-state index in [1.165, 1.54) is 0 Å². The van der Waals surface area contributed by atoms with Gasteiger partial charge in [0.2, 0.25) is 0 Å². The van der Waals surface area contributed by atoms with Crippen molar-refractivity contribution in [3.05, 3.63) is 53.9 Å². The third-order valence-electron chi connectivity index (χ3n) is 3.05. The standard InChI is InChI=1S/C15H18N4O/c1-19(10-11-6-3-4-8-13(11)20-2)12-7-5-9-18-14(12)15(16)17/h3-9H,10H2,1-2H3,(H3,16,17). The summed E-state index contributed by atoms with van der Waals surface area (Å²) in [5, 5.41) is 7.59. The molecule has 5 nitrogen and oxygen atoms in total. The molecule has 0 aliphatic carbocycles. The molecule has 0 amide bonds. The number of methoxy groups -OCH3 is 1. The maximum absolute atomic E-state index is 7.59. The largest absolute Gasteiger partial charge is 0.496 e. The van der Waals surface area contributed by atoms with Crippen molar-refractivity contribution in [2.45, 2.75) is 6.54 Å². The number of nitrogen functional groups attached to an aromatic ring is 1. The van der Waals surface area contributed by atoms with E-state index in [9.17, 15) is 0 Å². The van der Waals surface area contributed by atoms with Gasteiger partial charge in [0.05, 0.1) is 12.8 Å². The lowest BCUT2D eigenvalue weighted by atomic mass is 10.1. The Hall–Kier alpha value is -2.56.